The fourth-order valence-corrected chi connectivity index (χ4v) is 4.63. The highest BCUT2D eigenvalue weighted by Crippen LogP contribution is 2.24. The van der Waals surface area contributed by atoms with Crippen LogP contribution in [0.2, 0.25) is 0 Å². The Morgan fingerprint density at radius 1 is 1.26 bits per heavy atom. The molecule has 15 heteroatoms. The summed E-state index contributed by atoms with van der Waals surface area (Å²) < 4.78 is 5.24. The van der Waals surface area contributed by atoms with E-state index in [0.29, 0.717) is 57.3 Å². The number of carboxylic acid groups (broad SMARTS) is 1. The summed E-state index contributed by atoms with van der Waals surface area (Å²) in [6, 6.07) is 4.52. The summed E-state index contributed by atoms with van der Waals surface area (Å²) in [6.07, 6.45) is 3.06. The molecule has 38 heavy (non-hydrogen) atoms. The standard InChI is InChI=1S/C23H33N7O7.BrH/c1-2-37-22(34)18(12-9-15-7-10-16(11-8-15)25-23(24)27-30(35)36)26-17-5-3-13-28-14-4-6-19(21(32)33)29(28)20(17)31;/h7-8,10-11,17-19,26H,2-6,9,12-14H2,1H3,(H,32,33)(H3,24,25,27);1H/t17-,18-,19-;/m0./s1. The molecule has 0 spiro atoms. The lowest BCUT2D eigenvalue weighted by atomic mass is 10.0. The number of nitro groups is 1. The average Bonchev–Trinajstić information content (AvgIpc) is 3.00. The lowest BCUT2D eigenvalue weighted by molar-refractivity contribution is -0.485. The van der Waals surface area contributed by atoms with Gasteiger partial charge in [-0.25, -0.2) is 19.9 Å². The number of hydrazone groups is 1. The van der Waals surface area contributed by atoms with E-state index in [0.717, 1.165) is 5.56 Å². The number of hydrogen-bond acceptors (Lipinski definition) is 8. The Bertz CT molecular complexity index is 1020. The van der Waals surface area contributed by atoms with Gasteiger partial charge in [0, 0.05) is 18.8 Å². The zero-order chi connectivity index (χ0) is 26.9. The Kier molecular flexibility index (Phi) is 11.9. The first-order valence-electron chi connectivity index (χ1n) is 12.3. The van der Waals surface area contributed by atoms with E-state index in [1.165, 1.54) is 5.01 Å². The predicted molar refractivity (Wildman–Crippen MR) is 143 cm³/mol. The topological polar surface area (TPSA) is 193 Å². The number of halogens is 1. The van der Waals surface area contributed by atoms with Crippen LogP contribution in [0.15, 0.2) is 29.4 Å². The van der Waals surface area contributed by atoms with E-state index >= 15 is 0 Å². The number of guanidine groups is 1. The number of carbonyl (C=O) groups is 3. The third kappa shape index (κ3) is 8.36. The summed E-state index contributed by atoms with van der Waals surface area (Å²) in [5, 5.41) is 31.1. The normalized spacial score (nSPS) is 20.9. The maximum Gasteiger partial charge on any atom is 0.328 e. The molecule has 0 radical (unpaired) electrons. The molecule has 2 aliphatic heterocycles. The monoisotopic (exact) mass is 599 g/mol. The second-order valence-corrected chi connectivity index (χ2v) is 8.88. The Morgan fingerprint density at radius 2 is 1.92 bits per heavy atom. The molecule has 3 rings (SSSR count). The van der Waals surface area contributed by atoms with Crippen LogP contribution in [-0.4, -0.2) is 81.8 Å². The number of esters is 1. The van der Waals surface area contributed by atoms with E-state index in [1.54, 1.807) is 31.2 Å². The zero-order valence-electron chi connectivity index (χ0n) is 21.1. The van der Waals surface area contributed by atoms with Crippen LogP contribution in [0.4, 0.5) is 5.69 Å². The number of nitrogens with two attached hydrogens (primary N) is 1. The van der Waals surface area contributed by atoms with Gasteiger partial charge in [0.25, 0.3) is 11.9 Å². The van der Waals surface area contributed by atoms with E-state index in [2.05, 4.69) is 15.7 Å². The fourth-order valence-electron chi connectivity index (χ4n) is 4.63. The summed E-state index contributed by atoms with van der Waals surface area (Å²) in [5.41, 5.74) is 6.84. The molecule has 2 fully saturated rings. The summed E-state index contributed by atoms with van der Waals surface area (Å²) in [6.45, 7) is 3.09. The number of fused-ring (bicyclic) bond motifs is 1. The van der Waals surface area contributed by atoms with Gasteiger partial charge in [0.15, 0.2) is 5.03 Å². The van der Waals surface area contributed by atoms with Crippen molar-refractivity contribution in [1.29, 1.82) is 0 Å². The molecular formula is C23H34BrN7O7. The van der Waals surface area contributed by atoms with Crippen LogP contribution in [0.25, 0.3) is 0 Å². The number of nitrogens with zero attached hydrogens (tertiary/aromatic N) is 4. The first-order chi connectivity index (χ1) is 17.7. The third-order valence-corrected chi connectivity index (χ3v) is 6.32. The molecule has 0 unspecified atom stereocenters. The number of carboxylic acids is 1. The van der Waals surface area contributed by atoms with Gasteiger partial charge in [-0.3, -0.25) is 19.9 Å². The molecule has 5 N–H and O–H groups in total. The molecule has 2 aliphatic rings. The molecule has 3 atom stereocenters. The van der Waals surface area contributed by atoms with E-state index in [9.17, 15) is 29.6 Å². The molecular weight excluding hydrogens is 566 g/mol. The smallest absolute Gasteiger partial charge is 0.328 e. The van der Waals surface area contributed by atoms with Crippen molar-refractivity contribution in [3.8, 4) is 0 Å². The average molecular weight is 600 g/mol. The number of nitrogens with one attached hydrogen (secondary N) is 2. The summed E-state index contributed by atoms with van der Waals surface area (Å²) in [7, 11) is 0. The highest BCUT2D eigenvalue weighted by atomic mass is 79.9. The minimum Gasteiger partial charge on any atom is -0.480 e. The molecule has 0 saturated carbocycles. The third-order valence-electron chi connectivity index (χ3n) is 6.32. The van der Waals surface area contributed by atoms with Gasteiger partial charge in [0.2, 0.25) is 0 Å². The van der Waals surface area contributed by atoms with E-state index < -0.39 is 35.1 Å². The molecule has 0 aliphatic carbocycles. The van der Waals surface area contributed by atoms with Gasteiger partial charge < -0.3 is 20.9 Å². The van der Waals surface area contributed by atoms with Gasteiger partial charge in [0.05, 0.1) is 12.6 Å². The van der Waals surface area contributed by atoms with Gasteiger partial charge in [-0.15, -0.1) is 17.0 Å². The Hall–Kier alpha value is -3.30. The summed E-state index contributed by atoms with van der Waals surface area (Å²) in [4.78, 5) is 48.4. The van der Waals surface area contributed by atoms with Crippen LogP contribution in [0, 0.1) is 10.1 Å². The minimum absolute atomic E-state index is 0. The molecule has 14 nitrogen and oxygen atoms in total. The number of anilines is 1. The fraction of sp³-hybridized carbons (Fsp3) is 0.565. The summed E-state index contributed by atoms with van der Waals surface area (Å²) in [5.74, 6) is -2.21. The Labute approximate surface area is 230 Å². The number of ether oxygens (including phenoxy) is 1. The van der Waals surface area contributed by atoms with Crippen molar-refractivity contribution in [2.75, 3.05) is 25.0 Å². The van der Waals surface area contributed by atoms with E-state index in [4.69, 9.17) is 10.5 Å². The molecule has 1 amide bonds. The number of hydrazine groups is 1. The lowest BCUT2D eigenvalue weighted by Gasteiger charge is -2.42. The number of carbonyl (C=O) groups excluding carboxylic acids is 2. The van der Waals surface area contributed by atoms with Crippen LogP contribution in [-0.2, 0) is 25.5 Å². The lowest BCUT2D eigenvalue weighted by Crippen LogP contribution is -2.61. The molecule has 0 aromatic heterocycles. The van der Waals surface area contributed by atoms with E-state index in [-0.39, 0.29) is 35.5 Å². The van der Waals surface area contributed by atoms with Crippen LogP contribution in [0.5, 0.6) is 0 Å². The number of amides is 1. The molecule has 210 valence electrons. The largest absolute Gasteiger partial charge is 0.480 e. The molecule has 2 heterocycles. The second-order valence-electron chi connectivity index (χ2n) is 8.88. The molecule has 0 bridgehead atoms. The van der Waals surface area contributed by atoms with Crippen molar-refractivity contribution in [2.45, 2.75) is 63.6 Å². The van der Waals surface area contributed by atoms with Crippen molar-refractivity contribution in [1.82, 2.24) is 15.3 Å². The van der Waals surface area contributed by atoms with Crippen molar-refractivity contribution in [2.24, 2.45) is 10.8 Å². The first-order valence-corrected chi connectivity index (χ1v) is 12.3. The number of hydrogen-bond donors (Lipinski definition) is 4. The van der Waals surface area contributed by atoms with Crippen LogP contribution in [0.3, 0.4) is 0 Å². The Morgan fingerprint density at radius 3 is 2.53 bits per heavy atom. The highest BCUT2D eigenvalue weighted by molar-refractivity contribution is 8.93. The number of aryl methyl sites for hydroxylation is 1. The maximum atomic E-state index is 13.4. The van der Waals surface area contributed by atoms with Gasteiger partial charge in [-0.05, 0) is 63.1 Å². The number of rotatable bonds is 10. The van der Waals surface area contributed by atoms with Gasteiger partial charge in [0.1, 0.15) is 17.2 Å². The van der Waals surface area contributed by atoms with Gasteiger partial charge >= 0.3 is 11.9 Å². The summed E-state index contributed by atoms with van der Waals surface area (Å²) >= 11 is 0. The number of benzene rings is 1. The maximum absolute atomic E-state index is 13.4. The molecule has 2 saturated heterocycles. The van der Waals surface area contributed by atoms with Gasteiger partial charge in [-0.2, -0.15) is 0 Å². The van der Waals surface area contributed by atoms with Crippen molar-refractivity contribution in [3.05, 3.63) is 39.9 Å². The van der Waals surface area contributed by atoms with Crippen LogP contribution >= 0.6 is 17.0 Å². The first kappa shape index (κ1) is 30.9. The zero-order valence-corrected chi connectivity index (χ0v) is 22.8. The highest BCUT2D eigenvalue weighted by Gasteiger charge is 2.42. The predicted octanol–water partition coefficient (Wildman–Crippen LogP) is 1.09. The van der Waals surface area contributed by atoms with E-state index in [1.807, 2.05) is 5.01 Å². The Balaban J connectivity index is 0.00000507. The molecule has 1 aromatic carbocycles. The van der Waals surface area contributed by atoms with Crippen molar-refractivity contribution in [3.63, 3.8) is 0 Å². The van der Waals surface area contributed by atoms with Crippen LogP contribution in [0.1, 0.15) is 44.6 Å². The quantitative estimate of drug-likeness (QED) is 0.0988. The van der Waals surface area contributed by atoms with Crippen molar-refractivity contribution < 1.29 is 29.3 Å². The SMILES string of the molecule is Br.CCOC(=O)[C@H](CCc1ccc(NC(N)=N[N+](=O)[O-])cc1)N[C@H]1CCCN2CCC[C@@H](C(=O)O)N2C1=O. The van der Waals surface area contributed by atoms with Crippen LogP contribution < -0.4 is 16.4 Å². The van der Waals surface area contributed by atoms with Gasteiger partial charge in [-0.1, -0.05) is 12.1 Å². The van der Waals surface area contributed by atoms with Crippen molar-refractivity contribution >= 4 is 46.5 Å². The number of aliphatic carboxylic acids is 1. The minimum atomic E-state index is -1.04. The second kappa shape index (κ2) is 14.6. The molecule has 1 aromatic rings.